The molecule has 0 N–H and O–H groups in total. The van der Waals surface area contributed by atoms with Crippen LogP contribution >= 0.6 is 0 Å². The summed E-state index contributed by atoms with van der Waals surface area (Å²) in [7, 11) is 1.86. The van der Waals surface area contributed by atoms with E-state index in [1.54, 1.807) is 6.92 Å². The molecule has 0 aromatic heterocycles. The number of amides is 1. The lowest BCUT2D eigenvalue weighted by Crippen LogP contribution is -2.46. The van der Waals surface area contributed by atoms with E-state index in [-0.39, 0.29) is 5.91 Å². The Kier molecular flexibility index (Phi) is 4.56. The Bertz CT molecular complexity index is 321. The van der Waals surface area contributed by atoms with Crippen LogP contribution in [0.5, 0.6) is 0 Å². The van der Waals surface area contributed by atoms with Gasteiger partial charge >= 0.3 is 0 Å². The number of carbonyl (C=O) groups is 1. The van der Waals surface area contributed by atoms with Crippen molar-refractivity contribution in [3.8, 4) is 6.07 Å². The van der Waals surface area contributed by atoms with Crippen LogP contribution in [0.1, 0.15) is 52.9 Å². The van der Waals surface area contributed by atoms with Crippen molar-refractivity contribution in [3.63, 3.8) is 0 Å². The second-order valence-electron chi connectivity index (χ2n) is 5.64. The van der Waals surface area contributed by atoms with Crippen LogP contribution in [-0.2, 0) is 4.79 Å². The van der Waals surface area contributed by atoms with Gasteiger partial charge in [0.1, 0.15) is 5.41 Å². The lowest BCUT2D eigenvalue weighted by molar-refractivity contribution is -0.140. The van der Waals surface area contributed by atoms with E-state index in [0.29, 0.717) is 18.4 Å². The number of nitrogens with zero attached hydrogens (tertiary/aromatic N) is 2. The minimum Gasteiger partial charge on any atom is -0.341 e. The highest BCUT2D eigenvalue weighted by atomic mass is 16.2. The summed E-state index contributed by atoms with van der Waals surface area (Å²) in [5.41, 5.74) is -0.852. The quantitative estimate of drug-likeness (QED) is 0.756. The Morgan fingerprint density at radius 2 is 2.18 bits per heavy atom. The number of nitriles is 1. The molecule has 96 valence electrons. The van der Waals surface area contributed by atoms with Gasteiger partial charge in [0.2, 0.25) is 5.91 Å². The SMILES string of the molecule is CCC(C)(C#N)C(=O)N(C)C1CCCC(C)C1. The molecule has 1 aliphatic rings. The van der Waals surface area contributed by atoms with Crippen LogP contribution < -0.4 is 0 Å². The van der Waals surface area contributed by atoms with Crippen molar-refractivity contribution in [2.75, 3.05) is 7.05 Å². The molecule has 1 saturated carbocycles. The Labute approximate surface area is 105 Å². The van der Waals surface area contributed by atoms with E-state index in [1.807, 2.05) is 18.9 Å². The van der Waals surface area contributed by atoms with Crippen molar-refractivity contribution in [1.29, 1.82) is 5.26 Å². The fourth-order valence-corrected chi connectivity index (χ4v) is 2.59. The van der Waals surface area contributed by atoms with Crippen molar-refractivity contribution >= 4 is 5.91 Å². The first-order valence-corrected chi connectivity index (χ1v) is 6.63. The summed E-state index contributed by atoms with van der Waals surface area (Å²) in [4.78, 5) is 14.2. The second-order valence-corrected chi connectivity index (χ2v) is 5.64. The van der Waals surface area contributed by atoms with Crippen molar-refractivity contribution in [2.45, 2.75) is 58.9 Å². The Balaban J connectivity index is 2.72. The number of carbonyl (C=O) groups excluding carboxylic acids is 1. The highest BCUT2D eigenvalue weighted by Crippen LogP contribution is 2.30. The first-order chi connectivity index (χ1) is 7.94. The third kappa shape index (κ3) is 3.00. The monoisotopic (exact) mass is 236 g/mol. The van der Waals surface area contributed by atoms with Crippen LogP contribution in [0.3, 0.4) is 0 Å². The van der Waals surface area contributed by atoms with E-state index >= 15 is 0 Å². The van der Waals surface area contributed by atoms with E-state index in [0.717, 1.165) is 12.8 Å². The topological polar surface area (TPSA) is 44.1 Å². The van der Waals surface area contributed by atoms with Gasteiger partial charge in [0.05, 0.1) is 6.07 Å². The molecule has 0 spiro atoms. The molecule has 0 aliphatic heterocycles. The smallest absolute Gasteiger partial charge is 0.242 e. The van der Waals surface area contributed by atoms with Crippen LogP contribution in [-0.4, -0.2) is 23.9 Å². The molecular formula is C14H24N2O. The number of hydrogen-bond donors (Lipinski definition) is 0. The maximum Gasteiger partial charge on any atom is 0.242 e. The zero-order valence-corrected chi connectivity index (χ0v) is 11.5. The minimum absolute atomic E-state index is 0.0124. The van der Waals surface area contributed by atoms with Crippen molar-refractivity contribution in [1.82, 2.24) is 4.90 Å². The van der Waals surface area contributed by atoms with Gasteiger partial charge < -0.3 is 4.90 Å². The predicted molar refractivity (Wildman–Crippen MR) is 68.2 cm³/mol. The molecule has 3 unspecified atom stereocenters. The fourth-order valence-electron chi connectivity index (χ4n) is 2.59. The molecule has 3 nitrogen and oxygen atoms in total. The first-order valence-electron chi connectivity index (χ1n) is 6.63. The molecule has 0 heterocycles. The molecule has 1 amide bonds. The molecule has 3 heteroatoms. The summed E-state index contributed by atoms with van der Waals surface area (Å²) in [5.74, 6) is 0.681. The highest BCUT2D eigenvalue weighted by Gasteiger charge is 2.37. The molecule has 0 aromatic rings. The molecule has 1 aliphatic carbocycles. The van der Waals surface area contributed by atoms with Gasteiger partial charge in [-0.1, -0.05) is 26.7 Å². The van der Waals surface area contributed by atoms with Gasteiger partial charge in [-0.05, 0) is 32.1 Å². The molecule has 1 fully saturated rings. The molecule has 1 rings (SSSR count). The van der Waals surface area contributed by atoms with E-state index in [9.17, 15) is 4.79 Å². The van der Waals surface area contributed by atoms with Gasteiger partial charge in [0.15, 0.2) is 0 Å². The summed E-state index contributed by atoms with van der Waals surface area (Å²) in [6, 6.07) is 2.49. The van der Waals surface area contributed by atoms with E-state index in [1.165, 1.54) is 12.8 Å². The van der Waals surface area contributed by atoms with Crippen molar-refractivity contribution in [3.05, 3.63) is 0 Å². The molecule has 17 heavy (non-hydrogen) atoms. The van der Waals surface area contributed by atoms with Crippen LogP contribution in [0, 0.1) is 22.7 Å². The summed E-state index contributed by atoms with van der Waals surface area (Å²) in [5, 5.41) is 9.16. The summed E-state index contributed by atoms with van der Waals surface area (Å²) >= 11 is 0. The Hall–Kier alpha value is -1.04. The third-order valence-electron chi connectivity index (χ3n) is 4.20. The van der Waals surface area contributed by atoms with Gasteiger partial charge in [0, 0.05) is 13.1 Å². The van der Waals surface area contributed by atoms with Crippen LogP contribution in [0.2, 0.25) is 0 Å². The molecule has 3 atom stereocenters. The van der Waals surface area contributed by atoms with Gasteiger partial charge in [-0.15, -0.1) is 0 Å². The van der Waals surface area contributed by atoms with E-state index in [4.69, 9.17) is 5.26 Å². The van der Waals surface area contributed by atoms with Gasteiger partial charge in [0.25, 0.3) is 0 Å². The maximum absolute atomic E-state index is 12.3. The van der Waals surface area contributed by atoms with E-state index in [2.05, 4.69) is 13.0 Å². The lowest BCUT2D eigenvalue weighted by atomic mass is 9.83. The first kappa shape index (κ1) is 14.0. The largest absolute Gasteiger partial charge is 0.341 e. The molecule has 0 saturated heterocycles. The van der Waals surface area contributed by atoms with Crippen LogP contribution in [0.25, 0.3) is 0 Å². The van der Waals surface area contributed by atoms with Crippen molar-refractivity contribution in [2.24, 2.45) is 11.3 Å². The molecule has 0 aromatic carbocycles. The predicted octanol–water partition coefficient (Wildman–Crippen LogP) is 2.96. The zero-order chi connectivity index (χ0) is 13.1. The third-order valence-corrected chi connectivity index (χ3v) is 4.20. The van der Waals surface area contributed by atoms with Crippen LogP contribution in [0.15, 0.2) is 0 Å². The average Bonchev–Trinajstić information content (AvgIpc) is 2.36. The average molecular weight is 236 g/mol. The Morgan fingerprint density at radius 3 is 2.65 bits per heavy atom. The summed E-state index contributed by atoms with van der Waals surface area (Å²) < 4.78 is 0. The highest BCUT2D eigenvalue weighted by molar-refractivity contribution is 5.85. The lowest BCUT2D eigenvalue weighted by Gasteiger charge is -2.37. The fraction of sp³-hybridized carbons (Fsp3) is 0.857. The van der Waals surface area contributed by atoms with Gasteiger partial charge in [-0.2, -0.15) is 5.26 Å². The molecular weight excluding hydrogens is 212 g/mol. The normalized spacial score (nSPS) is 27.9. The standard InChI is InChI=1S/C14H24N2O/c1-5-14(3,10-15)13(17)16(4)12-8-6-7-11(2)9-12/h11-12H,5-9H2,1-4H3. The number of rotatable bonds is 3. The van der Waals surface area contributed by atoms with Crippen molar-refractivity contribution < 1.29 is 4.79 Å². The van der Waals surface area contributed by atoms with Gasteiger partial charge in [-0.3, -0.25) is 4.79 Å². The second kappa shape index (κ2) is 5.53. The Morgan fingerprint density at radius 1 is 1.53 bits per heavy atom. The summed E-state index contributed by atoms with van der Waals surface area (Å²) in [6.07, 6.45) is 5.20. The van der Waals surface area contributed by atoms with Crippen LogP contribution in [0.4, 0.5) is 0 Å². The van der Waals surface area contributed by atoms with E-state index < -0.39 is 5.41 Å². The number of hydrogen-bond acceptors (Lipinski definition) is 2. The summed E-state index contributed by atoms with van der Waals surface area (Å²) in [6.45, 7) is 5.89. The minimum atomic E-state index is -0.852. The maximum atomic E-state index is 12.3. The van der Waals surface area contributed by atoms with Gasteiger partial charge in [-0.25, -0.2) is 0 Å². The zero-order valence-electron chi connectivity index (χ0n) is 11.5. The molecule has 0 bridgehead atoms. The molecule has 0 radical (unpaired) electrons.